The minimum Gasteiger partial charge on any atom is -0.387 e. The molecule has 1 saturated heterocycles. The third-order valence-electron chi connectivity index (χ3n) is 8.99. The average Bonchev–Trinajstić information content (AvgIpc) is 3.58. The second-order valence-corrected chi connectivity index (χ2v) is 13.2. The van der Waals surface area contributed by atoms with E-state index < -0.39 is 37.3 Å². The molecule has 1 saturated carbocycles. The highest BCUT2D eigenvalue weighted by Gasteiger charge is 2.48. The van der Waals surface area contributed by atoms with Crippen LogP contribution in [0.3, 0.4) is 0 Å². The zero-order valence-corrected chi connectivity index (χ0v) is 24.5. The maximum Gasteiger partial charge on any atom is 0.401 e. The molecule has 13 heteroatoms. The molecule has 4 atom stereocenters. The minimum absolute atomic E-state index is 0.0481. The predicted octanol–water partition coefficient (Wildman–Crippen LogP) is 4.08. The van der Waals surface area contributed by atoms with Crippen LogP contribution in [0.5, 0.6) is 0 Å². The highest BCUT2D eigenvalue weighted by molar-refractivity contribution is 5.94. The first-order valence-corrected chi connectivity index (χ1v) is 14.7. The van der Waals surface area contributed by atoms with Crippen molar-refractivity contribution >= 4 is 28.4 Å². The molecule has 10 nitrogen and oxygen atoms in total. The standard InChI is InChI=1S/C30H38F3N7O3/c1-29(2,3)18-6-5-17-10-19(38-21(17)11-18)7-4-16-8-20(9-16)39(13-30(31,32)33)12-22-24(41)25(42)28(43-22)40-15-37-23-26(34)35-14-36-27(23)40/h5-6,11,14-16,20,22,24-25,28,41-42H,4,7-10,12-13H2,1-3H3,(H2,34,35,36)/t16?,20?,22-,24-,25-,28-/m1/s1. The average molecular weight is 602 g/mol. The van der Waals surface area contributed by atoms with Crippen molar-refractivity contribution < 1.29 is 28.1 Å². The SMILES string of the molecule is CC(C)(C)c1ccc2c(c1)N=C(CCC1CC(N(C[C@H]3O[C@@H](n4cnc5c(N)ncnc54)[C@H](O)[C@@H]3O)CC(F)(F)F)C1)C2. The number of hydrogen-bond donors (Lipinski definition) is 3. The quantitative estimate of drug-likeness (QED) is 0.352. The summed E-state index contributed by atoms with van der Waals surface area (Å²) >= 11 is 0. The van der Waals surface area contributed by atoms with Gasteiger partial charge in [0.1, 0.15) is 30.2 Å². The molecule has 4 N–H and O–H groups in total. The zero-order valence-electron chi connectivity index (χ0n) is 24.5. The molecule has 3 aliphatic rings. The molecule has 2 fully saturated rings. The van der Waals surface area contributed by atoms with Crippen LogP contribution in [0, 0.1) is 5.92 Å². The Kier molecular flexibility index (Phi) is 7.72. The topological polar surface area (TPSA) is 135 Å². The van der Waals surface area contributed by atoms with Crippen molar-refractivity contribution in [2.24, 2.45) is 10.9 Å². The summed E-state index contributed by atoms with van der Waals surface area (Å²) in [4.78, 5) is 18.4. The van der Waals surface area contributed by atoms with Crippen LogP contribution in [0.2, 0.25) is 0 Å². The van der Waals surface area contributed by atoms with Crippen molar-refractivity contribution in [2.45, 2.75) is 95.0 Å². The first kappa shape index (κ1) is 29.9. The Bertz CT molecular complexity index is 1510. The molecule has 1 aliphatic carbocycles. The number of halogens is 3. The van der Waals surface area contributed by atoms with Crippen LogP contribution in [0.25, 0.3) is 11.2 Å². The number of rotatable bonds is 8. The zero-order chi connectivity index (χ0) is 30.7. The third-order valence-corrected chi connectivity index (χ3v) is 8.99. The van der Waals surface area contributed by atoms with E-state index in [1.165, 1.54) is 33.2 Å². The molecule has 2 aromatic heterocycles. The molecule has 0 unspecified atom stereocenters. The first-order valence-electron chi connectivity index (χ1n) is 14.7. The van der Waals surface area contributed by atoms with E-state index >= 15 is 0 Å². The Morgan fingerprint density at radius 1 is 1.09 bits per heavy atom. The van der Waals surface area contributed by atoms with Crippen molar-refractivity contribution in [3.05, 3.63) is 42.0 Å². The molecule has 6 rings (SSSR count). The second-order valence-electron chi connectivity index (χ2n) is 13.2. The Hall–Kier alpha value is -3.13. The number of hydrogen-bond acceptors (Lipinski definition) is 9. The smallest absolute Gasteiger partial charge is 0.387 e. The number of nitrogens with zero attached hydrogens (tertiary/aromatic N) is 6. The molecule has 232 valence electrons. The molecule has 0 radical (unpaired) electrons. The lowest BCUT2D eigenvalue weighted by Gasteiger charge is -2.44. The van der Waals surface area contributed by atoms with E-state index in [0.29, 0.717) is 29.9 Å². The van der Waals surface area contributed by atoms with Crippen molar-refractivity contribution in [1.29, 1.82) is 0 Å². The number of anilines is 1. The number of benzene rings is 1. The number of ether oxygens (including phenoxy) is 1. The summed E-state index contributed by atoms with van der Waals surface area (Å²) in [5.41, 5.74) is 11.1. The Labute approximate surface area is 247 Å². The minimum atomic E-state index is -4.42. The molecule has 0 bridgehead atoms. The van der Waals surface area contributed by atoms with Crippen LogP contribution in [0.1, 0.15) is 63.8 Å². The summed E-state index contributed by atoms with van der Waals surface area (Å²) in [6.45, 7) is 5.24. The first-order chi connectivity index (χ1) is 20.3. The van der Waals surface area contributed by atoms with Gasteiger partial charge in [0, 0.05) is 24.7 Å². The number of alkyl halides is 3. The molecule has 0 spiro atoms. The Morgan fingerprint density at radius 3 is 2.58 bits per heavy atom. The van der Waals surface area contributed by atoms with Gasteiger partial charge in [0.15, 0.2) is 17.7 Å². The number of aromatic nitrogens is 4. The van der Waals surface area contributed by atoms with E-state index in [-0.39, 0.29) is 23.8 Å². The van der Waals surface area contributed by atoms with Crippen LogP contribution >= 0.6 is 0 Å². The summed E-state index contributed by atoms with van der Waals surface area (Å²) in [7, 11) is 0. The maximum absolute atomic E-state index is 13.6. The highest BCUT2D eigenvalue weighted by Crippen LogP contribution is 2.40. The van der Waals surface area contributed by atoms with E-state index in [1.807, 2.05) is 0 Å². The molecular weight excluding hydrogens is 563 g/mol. The largest absolute Gasteiger partial charge is 0.401 e. The van der Waals surface area contributed by atoms with Gasteiger partial charge in [-0.05, 0) is 54.2 Å². The van der Waals surface area contributed by atoms with Crippen LogP contribution in [0.4, 0.5) is 24.7 Å². The van der Waals surface area contributed by atoms with Gasteiger partial charge in [-0.2, -0.15) is 13.2 Å². The van der Waals surface area contributed by atoms with Crippen molar-refractivity contribution in [1.82, 2.24) is 24.4 Å². The van der Waals surface area contributed by atoms with Crippen LogP contribution in [0.15, 0.2) is 35.8 Å². The van der Waals surface area contributed by atoms with Gasteiger partial charge in [0.25, 0.3) is 0 Å². The fraction of sp³-hybridized carbons (Fsp3) is 0.600. The molecule has 0 amide bonds. The van der Waals surface area contributed by atoms with Crippen LogP contribution in [-0.2, 0) is 16.6 Å². The number of aliphatic hydroxyl groups is 2. The van der Waals surface area contributed by atoms with Crippen molar-refractivity contribution in [2.75, 3.05) is 18.8 Å². The number of imidazole rings is 1. The third kappa shape index (κ3) is 6.13. The second kappa shape index (κ2) is 11.1. The summed E-state index contributed by atoms with van der Waals surface area (Å²) in [5, 5.41) is 21.5. The van der Waals surface area contributed by atoms with E-state index in [9.17, 15) is 23.4 Å². The van der Waals surface area contributed by atoms with E-state index in [2.05, 4.69) is 53.9 Å². The van der Waals surface area contributed by atoms with Gasteiger partial charge in [-0.3, -0.25) is 14.5 Å². The molecule has 4 heterocycles. The van der Waals surface area contributed by atoms with Gasteiger partial charge in [-0.15, -0.1) is 0 Å². The van der Waals surface area contributed by atoms with Crippen LogP contribution in [-0.4, -0.2) is 84.0 Å². The Morgan fingerprint density at radius 2 is 1.86 bits per heavy atom. The Balaban J connectivity index is 1.07. The predicted molar refractivity (Wildman–Crippen MR) is 155 cm³/mol. The summed E-state index contributed by atoms with van der Waals surface area (Å²) < 4.78 is 48.2. The lowest BCUT2D eigenvalue weighted by Crippen LogP contribution is -2.52. The molecular formula is C30H38F3N7O3. The van der Waals surface area contributed by atoms with E-state index in [0.717, 1.165) is 30.7 Å². The fourth-order valence-corrected chi connectivity index (χ4v) is 6.43. The van der Waals surface area contributed by atoms with Gasteiger partial charge in [-0.25, -0.2) is 15.0 Å². The van der Waals surface area contributed by atoms with Crippen molar-refractivity contribution in [3.63, 3.8) is 0 Å². The number of aliphatic hydroxyl groups excluding tert-OH is 2. The number of fused-ring (bicyclic) bond motifs is 2. The number of aliphatic imine (C=N–C) groups is 1. The van der Waals surface area contributed by atoms with Gasteiger partial charge in [0.2, 0.25) is 0 Å². The fourth-order valence-electron chi connectivity index (χ4n) is 6.43. The van der Waals surface area contributed by atoms with Gasteiger partial charge in [-0.1, -0.05) is 32.9 Å². The van der Waals surface area contributed by atoms with Gasteiger partial charge in [0.05, 0.1) is 18.6 Å². The molecule has 1 aromatic carbocycles. The molecule has 43 heavy (non-hydrogen) atoms. The number of nitrogens with two attached hydrogens (primary N) is 1. The van der Waals surface area contributed by atoms with E-state index in [4.69, 9.17) is 15.5 Å². The van der Waals surface area contributed by atoms with Crippen LogP contribution < -0.4 is 5.73 Å². The van der Waals surface area contributed by atoms with Crippen molar-refractivity contribution in [3.8, 4) is 0 Å². The maximum atomic E-state index is 13.6. The summed E-state index contributed by atoms with van der Waals surface area (Å²) in [5.74, 6) is 0.441. The molecule has 3 aromatic rings. The summed E-state index contributed by atoms with van der Waals surface area (Å²) in [6, 6.07) is 6.19. The molecule has 2 aliphatic heterocycles. The normalized spacial score (nSPS) is 27.5. The van der Waals surface area contributed by atoms with Gasteiger partial charge < -0.3 is 20.7 Å². The lowest BCUT2D eigenvalue weighted by molar-refractivity contribution is -0.163. The number of nitrogen functional groups attached to an aromatic ring is 1. The van der Waals surface area contributed by atoms with Gasteiger partial charge >= 0.3 is 6.18 Å². The highest BCUT2D eigenvalue weighted by atomic mass is 19.4. The lowest BCUT2D eigenvalue weighted by atomic mass is 9.76. The monoisotopic (exact) mass is 601 g/mol. The summed E-state index contributed by atoms with van der Waals surface area (Å²) in [6.07, 6.45) is -2.96. The van der Waals surface area contributed by atoms with E-state index in [1.54, 1.807) is 0 Å².